The number of ketones is 1. The van der Waals surface area contributed by atoms with Crippen molar-refractivity contribution in [1.29, 1.82) is 0 Å². The molecule has 90 valence electrons. The van der Waals surface area contributed by atoms with Gasteiger partial charge in [0.1, 0.15) is 5.78 Å². The summed E-state index contributed by atoms with van der Waals surface area (Å²) in [6.45, 7) is 6.85. The largest absolute Gasteiger partial charge is 0.300 e. The lowest BCUT2D eigenvalue weighted by Gasteiger charge is -2.05. The molecule has 0 aromatic heterocycles. The molecule has 1 aliphatic rings. The lowest BCUT2D eigenvalue weighted by Crippen LogP contribution is -2.02. The molecule has 1 rings (SSSR count). The third-order valence-corrected chi connectivity index (χ3v) is 3.16. The zero-order chi connectivity index (χ0) is 11.5. The molecule has 0 N–H and O–H groups in total. The van der Waals surface area contributed by atoms with E-state index in [2.05, 4.69) is 20.8 Å². The average molecular weight is 212 g/mol. The molecule has 0 bridgehead atoms. The minimum absolute atomic E-state index is 0.464. The molecule has 1 fully saturated rings. The first-order valence-electron chi connectivity index (χ1n) is 6.72. The van der Waals surface area contributed by atoms with E-state index in [0.717, 1.165) is 31.6 Å². The summed E-state index contributed by atoms with van der Waals surface area (Å²) in [7, 11) is 0. The van der Waals surface area contributed by atoms with Gasteiger partial charge in [-0.25, -0.2) is 0 Å². The quantitative estimate of drug-likeness (QED) is 0.657. The second-order valence-corrected chi connectivity index (χ2v) is 4.75. The van der Waals surface area contributed by atoms with Crippen LogP contribution >= 0.6 is 0 Å². The number of Topliss-reactive ketones (excluding diaryl/α,β-unsaturated/α-hetero) is 1. The molecular formula is C14H28O. The molecule has 1 nitrogen and oxygen atoms in total. The van der Waals surface area contributed by atoms with Gasteiger partial charge in [0.25, 0.3) is 0 Å². The molecular weight excluding hydrogens is 184 g/mol. The maximum absolute atomic E-state index is 10.5. The van der Waals surface area contributed by atoms with E-state index in [1.54, 1.807) is 0 Å². The fraction of sp³-hybridized carbons (Fsp3) is 0.929. The molecule has 1 saturated carbocycles. The van der Waals surface area contributed by atoms with Gasteiger partial charge >= 0.3 is 0 Å². The molecule has 1 heteroatoms. The maximum atomic E-state index is 10.5. The van der Waals surface area contributed by atoms with Gasteiger partial charge in [0.05, 0.1) is 0 Å². The Hall–Kier alpha value is -0.330. The SMILES string of the molecule is CCCCC(C)CC.O=C1CCCCC1. The van der Waals surface area contributed by atoms with Crippen molar-refractivity contribution in [3.63, 3.8) is 0 Å². The van der Waals surface area contributed by atoms with Crippen molar-refractivity contribution in [2.75, 3.05) is 0 Å². The lowest BCUT2D eigenvalue weighted by molar-refractivity contribution is -0.120. The van der Waals surface area contributed by atoms with Crippen molar-refractivity contribution in [3.8, 4) is 0 Å². The van der Waals surface area contributed by atoms with E-state index in [0.29, 0.717) is 5.78 Å². The zero-order valence-electron chi connectivity index (χ0n) is 10.8. The summed E-state index contributed by atoms with van der Waals surface area (Å²) in [6, 6.07) is 0. The normalized spacial score (nSPS) is 17.9. The first-order chi connectivity index (χ1) is 7.20. The Morgan fingerprint density at radius 1 is 1.13 bits per heavy atom. The smallest absolute Gasteiger partial charge is 0.132 e. The van der Waals surface area contributed by atoms with Gasteiger partial charge in [-0.1, -0.05) is 52.9 Å². The van der Waals surface area contributed by atoms with E-state index < -0.39 is 0 Å². The van der Waals surface area contributed by atoms with Crippen LogP contribution in [0, 0.1) is 5.92 Å². The fourth-order valence-electron chi connectivity index (χ4n) is 1.70. The van der Waals surface area contributed by atoms with Gasteiger partial charge in [0.2, 0.25) is 0 Å². The summed E-state index contributed by atoms with van der Waals surface area (Å²) < 4.78 is 0. The Morgan fingerprint density at radius 2 is 1.73 bits per heavy atom. The number of hydrogen-bond donors (Lipinski definition) is 0. The first-order valence-corrected chi connectivity index (χ1v) is 6.72. The van der Waals surface area contributed by atoms with E-state index in [-0.39, 0.29) is 0 Å². The highest BCUT2D eigenvalue weighted by Crippen LogP contribution is 2.12. The second kappa shape index (κ2) is 10.2. The van der Waals surface area contributed by atoms with Gasteiger partial charge in [-0.2, -0.15) is 0 Å². The van der Waals surface area contributed by atoms with E-state index in [9.17, 15) is 4.79 Å². The van der Waals surface area contributed by atoms with E-state index in [4.69, 9.17) is 0 Å². The third-order valence-electron chi connectivity index (χ3n) is 3.16. The average Bonchev–Trinajstić information content (AvgIpc) is 2.28. The van der Waals surface area contributed by atoms with Crippen LogP contribution in [0.5, 0.6) is 0 Å². The molecule has 15 heavy (non-hydrogen) atoms. The predicted octanol–water partition coefficient (Wildman–Crippen LogP) is 4.74. The topological polar surface area (TPSA) is 17.1 Å². The van der Waals surface area contributed by atoms with Crippen LogP contribution in [0.15, 0.2) is 0 Å². The van der Waals surface area contributed by atoms with Crippen molar-refractivity contribution in [1.82, 2.24) is 0 Å². The number of carbonyl (C=O) groups is 1. The van der Waals surface area contributed by atoms with Crippen LogP contribution in [0.3, 0.4) is 0 Å². The van der Waals surface area contributed by atoms with E-state index in [1.807, 2.05) is 0 Å². The Morgan fingerprint density at radius 3 is 2.07 bits per heavy atom. The van der Waals surface area contributed by atoms with Crippen molar-refractivity contribution < 1.29 is 4.79 Å². The summed E-state index contributed by atoms with van der Waals surface area (Å²) in [6.07, 6.45) is 10.8. The predicted molar refractivity (Wildman–Crippen MR) is 67.1 cm³/mol. The summed E-state index contributed by atoms with van der Waals surface area (Å²) in [4.78, 5) is 10.5. The minimum Gasteiger partial charge on any atom is -0.300 e. The number of rotatable bonds is 4. The first kappa shape index (κ1) is 14.7. The molecule has 0 amide bonds. The van der Waals surface area contributed by atoms with Gasteiger partial charge in [-0.3, -0.25) is 4.79 Å². The van der Waals surface area contributed by atoms with Crippen LogP contribution in [0.4, 0.5) is 0 Å². The monoisotopic (exact) mass is 212 g/mol. The van der Waals surface area contributed by atoms with Crippen LogP contribution < -0.4 is 0 Å². The van der Waals surface area contributed by atoms with Crippen LogP contribution in [0.2, 0.25) is 0 Å². The number of hydrogen-bond acceptors (Lipinski definition) is 1. The van der Waals surface area contributed by atoms with E-state index in [1.165, 1.54) is 32.1 Å². The van der Waals surface area contributed by atoms with Crippen LogP contribution in [-0.2, 0) is 4.79 Å². The van der Waals surface area contributed by atoms with Crippen molar-refractivity contribution in [2.24, 2.45) is 5.92 Å². The molecule has 0 aliphatic heterocycles. The Labute approximate surface area is 95.6 Å². The maximum Gasteiger partial charge on any atom is 0.132 e. The van der Waals surface area contributed by atoms with Gasteiger partial charge < -0.3 is 0 Å². The Bertz CT molecular complexity index is 143. The highest BCUT2D eigenvalue weighted by molar-refractivity contribution is 5.78. The van der Waals surface area contributed by atoms with E-state index >= 15 is 0 Å². The molecule has 1 atom stereocenters. The fourth-order valence-corrected chi connectivity index (χ4v) is 1.70. The Kier molecular flexibility index (Phi) is 9.97. The Balaban J connectivity index is 0.000000262. The summed E-state index contributed by atoms with van der Waals surface area (Å²) in [5.41, 5.74) is 0. The number of unbranched alkanes of at least 4 members (excludes halogenated alkanes) is 1. The lowest BCUT2D eigenvalue weighted by atomic mass is 10.00. The highest BCUT2D eigenvalue weighted by Gasteiger charge is 2.05. The molecule has 0 radical (unpaired) electrons. The van der Waals surface area contributed by atoms with Gasteiger partial charge in [0, 0.05) is 12.8 Å². The summed E-state index contributed by atoms with van der Waals surface area (Å²) >= 11 is 0. The highest BCUT2D eigenvalue weighted by atomic mass is 16.1. The van der Waals surface area contributed by atoms with Crippen molar-refractivity contribution >= 4 is 5.78 Å². The van der Waals surface area contributed by atoms with Gasteiger partial charge in [0.15, 0.2) is 0 Å². The minimum atomic E-state index is 0.464. The van der Waals surface area contributed by atoms with Crippen molar-refractivity contribution in [2.45, 2.75) is 78.6 Å². The summed E-state index contributed by atoms with van der Waals surface area (Å²) in [5, 5.41) is 0. The van der Waals surface area contributed by atoms with Crippen molar-refractivity contribution in [3.05, 3.63) is 0 Å². The summed E-state index contributed by atoms with van der Waals surface area (Å²) in [5.74, 6) is 1.42. The molecule has 1 unspecified atom stereocenters. The molecule has 0 aromatic carbocycles. The van der Waals surface area contributed by atoms with Crippen LogP contribution in [0.25, 0.3) is 0 Å². The van der Waals surface area contributed by atoms with Crippen LogP contribution in [-0.4, -0.2) is 5.78 Å². The number of carbonyl (C=O) groups excluding carboxylic acids is 1. The zero-order valence-corrected chi connectivity index (χ0v) is 10.8. The van der Waals surface area contributed by atoms with Gasteiger partial charge in [-0.15, -0.1) is 0 Å². The van der Waals surface area contributed by atoms with Crippen LogP contribution in [0.1, 0.15) is 78.6 Å². The third kappa shape index (κ3) is 9.96. The molecule has 0 spiro atoms. The molecule has 0 saturated heterocycles. The molecule has 1 aliphatic carbocycles. The molecule has 0 aromatic rings. The standard InChI is InChI=1S/C8H18.C6H10O/c1-4-6-7-8(3)5-2;7-6-4-2-1-3-5-6/h8H,4-7H2,1-3H3;1-5H2. The molecule has 0 heterocycles. The second-order valence-electron chi connectivity index (χ2n) is 4.75. The van der Waals surface area contributed by atoms with Gasteiger partial charge in [-0.05, 0) is 18.8 Å².